The Balaban J connectivity index is 3.16. The molecule has 80 valence electrons. The van der Waals surface area contributed by atoms with Crippen molar-refractivity contribution in [2.24, 2.45) is 0 Å². The van der Waals surface area contributed by atoms with Crippen molar-refractivity contribution in [1.82, 2.24) is 0 Å². The minimum Gasteiger partial charge on any atom is -0.497 e. The molecule has 0 atom stereocenters. The van der Waals surface area contributed by atoms with Crippen molar-refractivity contribution in [3.63, 3.8) is 0 Å². The zero-order chi connectivity index (χ0) is 11.4. The lowest BCUT2D eigenvalue weighted by Crippen LogP contribution is -2.07. The van der Waals surface area contributed by atoms with Gasteiger partial charge in [-0.25, -0.2) is 4.79 Å². The number of carbonyl (C=O) groups is 2. The highest BCUT2D eigenvalue weighted by atomic mass is 16.5. The van der Waals surface area contributed by atoms with Crippen LogP contribution in [-0.2, 0) is 4.79 Å². The van der Waals surface area contributed by atoms with Crippen LogP contribution in [0.5, 0.6) is 11.5 Å². The summed E-state index contributed by atoms with van der Waals surface area (Å²) in [6, 6.07) is 4.15. The van der Waals surface area contributed by atoms with Gasteiger partial charge in [0.1, 0.15) is 17.1 Å². The number of carboxylic acids is 1. The lowest BCUT2D eigenvalue weighted by atomic mass is 10.2. The quantitative estimate of drug-likeness (QED) is 0.601. The third kappa shape index (κ3) is 2.70. The predicted octanol–water partition coefficient (Wildman–Crippen LogP) is 1.32. The van der Waals surface area contributed by atoms with Gasteiger partial charge in [0.05, 0.1) is 7.11 Å². The van der Waals surface area contributed by atoms with Crippen LogP contribution in [0, 0.1) is 0 Å². The molecule has 0 aromatic heterocycles. The number of rotatable bonds is 3. The molecular weight excluding hydrogens is 200 g/mol. The second-order valence-corrected chi connectivity index (χ2v) is 2.76. The number of carboxylic acid groups (broad SMARTS) is 1. The van der Waals surface area contributed by atoms with E-state index in [1.165, 1.54) is 32.2 Å². The normalized spacial score (nSPS) is 9.47. The molecule has 0 saturated carbocycles. The van der Waals surface area contributed by atoms with E-state index in [4.69, 9.17) is 14.6 Å². The molecule has 0 aliphatic heterocycles. The summed E-state index contributed by atoms with van der Waals surface area (Å²) in [4.78, 5) is 21.5. The first-order chi connectivity index (χ1) is 7.04. The molecule has 0 aliphatic carbocycles. The number of esters is 1. The van der Waals surface area contributed by atoms with Crippen LogP contribution < -0.4 is 9.47 Å². The highest BCUT2D eigenvalue weighted by molar-refractivity contribution is 5.92. The third-order valence-electron chi connectivity index (χ3n) is 1.67. The van der Waals surface area contributed by atoms with Crippen molar-refractivity contribution < 1.29 is 24.2 Å². The molecular formula is C10H10O5. The van der Waals surface area contributed by atoms with Gasteiger partial charge in [0.2, 0.25) is 0 Å². The van der Waals surface area contributed by atoms with Crippen LogP contribution in [-0.4, -0.2) is 24.2 Å². The minimum absolute atomic E-state index is 0.0191. The first kappa shape index (κ1) is 11.0. The number of aromatic carboxylic acids is 1. The van der Waals surface area contributed by atoms with Gasteiger partial charge < -0.3 is 14.6 Å². The summed E-state index contributed by atoms with van der Waals surface area (Å²) in [5.74, 6) is -1.33. The number of methoxy groups -OCH3 is 1. The van der Waals surface area contributed by atoms with E-state index in [0.717, 1.165) is 0 Å². The van der Waals surface area contributed by atoms with Gasteiger partial charge in [0.25, 0.3) is 0 Å². The average molecular weight is 210 g/mol. The molecule has 5 heteroatoms. The molecule has 5 nitrogen and oxygen atoms in total. The van der Waals surface area contributed by atoms with Crippen LogP contribution in [0.15, 0.2) is 18.2 Å². The Kier molecular flexibility index (Phi) is 3.28. The Morgan fingerprint density at radius 3 is 2.47 bits per heavy atom. The van der Waals surface area contributed by atoms with Gasteiger partial charge in [-0.2, -0.15) is 0 Å². The Bertz CT molecular complexity index is 397. The Hall–Kier alpha value is -2.04. The summed E-state index contributed by atoms with van der Waals surface area (Å²) in [5.41, 5.74) is -0.0778. The predicted molar refractivity (Wildman–Crippen MR) is 51.3 cm³/mol. The van der Waals surface area contributed by atoms with Crippen molar-refractivity contribution in [3.8, 4) is 11.5 Å². The van der Waals surface area contributed by atoms with Crippen LogP contribution >= 0.6 is 0 Å². The van der Waals surface area contributed by atoms with Crippen molar-refractivity contribution in [3.05, 3.63) is 23.8 Å². The standard InChI is InChI=1S/C10H10O5/c1-6(11)15-9-5-7(14-2)3-4-8(9)10(12)13/h3-5H,1-2H3,(H,12,13). The molecule has 15 heavy (non-hydrogen) atoms. The smallest absolute Gasteiger partial charge is 0.339 e. The number of ether oxygens (including phenoxy) is 2. The summed E-state index contributed by atoms with van der Waals surface area (Å²) in [6.45, 7) is 1.20. The highest BCUT2D eigenvalue weighted by Crippen LogP contribution is 2.24. The number of hydrogen-bond donors (Lipinski definition) is 1. The first-order valence-corrected chi connectivity index (χ1v) is 4.14. The first-order valence-electron chi connectivity index (χ1n) is 4.14. The summed E-state index contributed by atoms with van der Waals surface area (Å²) in [7, 11) is 1.44. The van der Waals surface area contributed by atoms with Crippen LogP contribution in [0.2, 0.25) is 0 Å². The number of carbonyl (C=O) groups excluding carboxylic acids is 1. The summed E-state index contributed by atoms with van der Waals surface area (Å²) in [6.07, 6.45) is 0. The van der Waals surface area contributed by atoms with Gasteiger partial charge in [0.15, 0.2) is 0 Å². The average Bonchev–Trinajstić information content (AvgIpc) is 2.16. The monoisotopic (exact) mass is 210 g/mol. The van der Waals surface area contributed by atoms with Crippen molar-refractivity contribution in [2.45, 2.75) is 6.92 Å². The number of hydrogen-bond acceptors (Lipinski definition) is 4. The maximum absolute atomic E-state index is 10.8. The largest absolute Gasteiger partial charge is 0.497 e. The molecule has 0 amide bonds. The maximum Gasteiger partial charge on any atom is 0.339 e. The lowest BCUT2D eigenvalue weighted by Gasteiger charge is -2.07. The summed E-state index contributed by atoms with van der Waals surface area (Å²) >= 11 is 0. The molecule has 0 radical (unpaired) electrons. The Labute approximate surface area is 86.2 Å². The van der Waals surface area contributed by atoms with Crippen LogP contribution in [0.25, 0.3) is 0 Å². The van der Waals surface area contributed by atoms with Crippen molar-refractivity contribution in [2.75, 3.05) is 7.11 Å². The van der Waals surface area contributed by atoms with Crippen LogP contribution in [0.1, 0.15) is 17.3 Å². The topological polar surface area (TPSA) is 72.8 Å². The van der Waals surface area contributed by atoms with Gasteiger partial charge in [0, 0.05) is 13.0 Å². The highest BCUT2D eigenvalue weighted by Gasteiger charge is 2.13. The molecule has 0 heterocycles. The lowest BCUT2D eigenvalue weighted by molar-refractivity contribution is -0.131. The van der Waals surface area contributed by atoms with Crippen LogP contribution in [0.3, 0.4) is 0 Å². The molecule has 1 N–H and O–H groups in total. The maximum atomic E-state index is 10.8. The fourth-order valence-corrected chi connectivity index (χ4v) is 1.05. The van der Waals surface area contributed by atoms with Crippen LogP contribution in [0.4, 0.5) is 0 Å². The fourth-order valence-electron chi connectivity index (χ4n) is 1.05. The van der Waals surface area contributed by atoms with Gasteiger partial charge in [-0.1, -0.05) is 0 Å². The van der Waals surface area contributed by atoms with E-state index in [-0.39, 0.29) is 11.3 Å². The SMILES string of the molecule is COc1ccc(C(=O)O)c(OC(C)=O)c1. The molecule has 0 aliphatic rings. The molecule has 0 saturated heterocycles. The zero-order valence-corrected chi connectivity index (χ0v) is 8.31. The fraction of sp³-hybridized carbons (Fsp3) is 0.200. The Morgan fingerprint density at radius 1 is 1.33 bits per heavy atom. The summed E-state index contributed by atoms with van der Waals surface area (Å²) < 4.78 is 9.64. The van der Waals surface area contributed by atoms with E-state index in [1.54, 1.807) is 0 Å². The third-order valence-corrected chi connectivity index (χ3v) is 1.67. The molecule has 0 spiro atoms. The van der Waals surface area contributed by atoms with E-state index >= 15 is 0 Å². The molecule has 1 aromatic carbocycles. The van der Waals surface area contributed by atoms with Crippen molar-refractivity contribution >= 4 is 11.9 Å². The van der Waals surface area contributed by atoms with Gasteiger partial charge in [-0.15, -0.1) is 0 Å². The van der Waals surface area contributed by atoms with E-state index < -0.39 is 11.9 Å². The van der Waals surface area contributed by atoms with Gasteiger partial charge in [-0.3, -0.25) is 4.79 Å². The zero-order valence-electron chi connectivity index (χ0n) is 8.31. The van der Waals surface area contributed by atoms with Gasteiger partial charge in [-0.05, 0) is 12.1 Å². The van der Waals surface area contributed by atoms with E-state index in [1.807, 2.05) is 0 Å². The molecule has 1 aromatic rings. The van der Waals surface area contributed by atoms with Crippen molar-refractivity contribution in [1.29, 1.82) is 0 Å². The second kappa shape index (κ2) is 4.45. The molecule has 0 bridgehead atoms. The molecule has 1 rings (SSSR count). The van der Waals surface area contributed by atoms with E-state index in [0.29, 0.717) is 5.75 Å². The minimum atomic E-state index is -1.16. The van der Waals surface area contributed by atoms with E-state index in [9.17, 15) is 9.59 Å². The molecule has 0 unspecified atom stereocenters. The van der Waals surface area contributed by atoms with Gasteiger partial charge >= 0.3 is 11.9 Å². The summed E-state index contributed by atoms with van der Waals surface area (Å²) in [5, 5.41) is 8.81. The second-order valence-electron chi connectivity index (χ2n) is 2.76. The Morgan fingerprint density at radius 2 is 2.00 bits per heavy atom. The van der Waals surface area contributed by atoms with E-state index in [2.05, 4.69) is 0 Å². The molecule has 0 fully saturated rings. The number of benzene rings is 1.